The number of carboxylic acids is 1. The van der Waals surface area contributed by atoms with Gasteiger partial charge in [0.1, 0.15) is 13.1 Å². The van der Waals surface area contributed by atoms with Crippen LogP contribution in [-0.4, -0.2) is 64.8 Å². The van der Waals surface area contributed by atoms with Crippen LogP contribution >= 0.6 is 0 Å². The number of carbonyl (C=O) groups excluding carboxylic acids is 2. The standard InChI is InChI=1S/C22H28N4O4/c27-19(24-12-6-7-13-24)14-25-18-11-5-4-10-17(18)21(16-8-2-1-3-9-16)23-26(22(25)30)15-20(28)29/h4-5,10-11,16H,1-3,6-9,12-15H2,(H,28,29). The third kappa shape index (κ3) is 4.17. The number of rotatable bonds is 5. The lowest BCUT2D eigenvalue weighted by atomic mass is 9.83. The number of anilines is 1. The van der Waals surface area contributed by atoms with Crippen LogP contribution in [0.15, 0.2) is 29.4 Å². The number of urea groups is 1. The molecule has 1 aromatic carbocycles. The van der Waals surface area contributed by atoms with E-state index in [-0.39, 0.29) is 18.4 Å². The third-order valence-corrected chi connectivity index (χ3v) is 6.18. The van der Waals surface area contributed by atoms with Crippen molar-refractivity contribution < 1.29 is 19.5 Å². The fourth-order valence-corrected chi connectivity index (χ4v) is 4.66. The molecule has 160 valence electrons. The van der Waals surface area contributed by atoms with Crippen molar-refractivity contribution in [2.45, 2.75) is 44.9 Å². The minimum Gasteiger partial charge on any atom is -0.480 e. The largest absolute Gasteiger partial charge is 0.480 e. The molecule has 1 saturated carbocycles. The van der Waals surface area contributed by atoms with Crippen LogP contribution in [0.5, 0.6) is 0 Å². The van der Waals surface area contributed by atoms with Crippen LogP contribution in [0.3, 0.4) is 0 Å². The number of amides is 3. The number of fused-ring (bicyclic) bond motifs is 1. The van der Waals surface area contributed by atoms with Crippen LogP contribution in [0.2, 0.25) is 0 Å². The molecule has 3 aliphatic rings. The monoisotopic (exact) mass is 412 g/mol. The van der Waals surface area contributed by atoms with Gasteiger partial charge in [-0.05, 0) is 31.7 Å². The molecule has 30 heavy (non-hydrogen) atoms. The normalized spacial score (nSPS) is 20.1. The summed E-state index contributed by atoms with van der Waals surface area (Å²) in [5.41, 5.74) is 2.21. The fourth-order valence-electron chi connectivity index (χ4n) is 4.66. The smallest absolute Gasteiger partial charge is 0.345 e. The molecular formula is C22H28N4O4. The molecule has 1 aromatic rings. The maximum Gasteiger partial charge on any atom is 0.345 e. The predicted octanol–water partition coefficient (Wildman–Crippen LogP) is 2.92. The van der Waals surface area contributed by atoms with Crippen molar-refractivity contribution in [1.29, 1.82) is 0 Å². The molecule has 0 aromatic heterocycles. The van der Waals surface area contributed by atoms with Gasteiger partial charge in [-0.15, -0.1) is 0 Å². The minimum absolute atomic E-state index is 0.112. The van der Waals surface area contributed by atoms with Crippen LogP contribution in [0.1, 0.15) is 50.5 Å². The quantitative estimate of drug-likeness (QED) is 0.805. The SMILES string of the molecule is O=C(O)CN1N=C(C2CCCCC2)c2ccccc2N(CC(=O)N2CCCC2)C1=O. The van der Waals surface area contributed by atoms with Gasteiger partial charge in [-0.2, -0.15) is 5.10 Å². The predicted molar refractivity (Wildman–Crippen MR) is 112 cm³/mol. The molecule has 2 aliphatic heterocycles. The summed E-state index contributed by atoms with van der Waals surface area (Å²) in [6.07, 6.45) is 7.24. The molecule has 2 heterocycles. The number of carboxylic acid groups (broad SMARTS) is 1. The summed E-state index contributed by atoms with van der Waals surface area (Å²) in [6, 6.07) is 6.92. The van der Waals surface area contributed by atoms with Gasteiger partial charge in [0, 0.05) is 24.6 Å². The first kappa shape index (κ1) is 20.4. The van der Waals surface area contributed by atoms with Crippen molar-refractivity contribution in [1.82, 2.24) is 9.91 Å². The lowest BCUT2D eigenvalue weighted by molar-refractivity contribution is -0.137. The van der Waals surface area contributed by atoms with Crippen molar-refractivity contribution in [3.8, 4) is 0 Å². The number of nitrogens with zero attached hydrogens (tertiary/aromatic N) is 4. The Bertz CT molecular complexity index is 856. The average molecular weight is 412 g/mol. The topological polar surface area (TPSA) is 93.5 Å². The van der Waals surface area contributed by atoms with Gasteiger partial charge in [-0.3, -0.25) is 14.5 Å². The highest BCUT2D eigenvalue weighted by atomic mass is 16.4. The summed E-state index contributed by atoms with van der Waals surface area (Å²) in [4.78, 5) is 40.8. The van der Waals surface area contributed by atoms with Crippen LogP contribution in [0.4, 0.5) is 10.5 Å². The van der Waals surface area contributed by atoms with Crippen LogP contribution < -0.4 is 4.90 Å². The van der Waals surface area contributed by atoms with E-state index >= 15 is 0 Å². The Morgan fingerprint density at radius 1 is 1.00 bits per heavy atom. The Balaban J connectivity index is 1.73. The molecule has 8 heteroatoms. The molecule has 4 rings (SSSR count). The average Bonchev–Trinajstić information content (AvgIpc) is 3.27. The first-order valence-electron chi connectivity index (χ1n) is 10.8. The summed E-state index contributed by atoms with van der Waals surface area (Å²) >= 11 is 0. The number of likely N-dealkylation sites (tertiary alicyclic amines) is 1. The maximum atomic E-state index is 13.3. The molecule has 0 bridgehead atoms. The molecule has 1 aliphatic carbocycles. The zero-order chi connectivity index (χ0) is 21.1. The van der Waals surface area contributed by atoms with Gasteiger partial charge < -0.3 is 10.0 Å². The van der Waals surface area contributed by atoms with E-state index in [4.69, 9.17) is 0 Å². The number of hydrogen-bond donors (Lipinski definition) is 1. The first-order chi connectivity index (χ1) is 14.5. The fraction of sp³-hybridized carbons (Fsp3) is 0.545. The van der Waals surface area contributed by atoms with Gasteiger partial charge >= 0.3 is 12.0 Å². The number of carbonyl (C=O) groups is 3. The van der Waals surface area contributed by atoms with E-state index < -0.39 is 18.5 Å². The molecule has 3 amide bonds. The van der Waals surface area contributed by atoms with Gasteiger partial charge in [-0.1, -0.05) is 37.5 Å². The van der Waals surface area contributed by atoms with Gasteiger partial charge in [-0.25, -0.2) is 9.80 Å². The van der Waals surface area contributed by atoms with Crippen molar-refractivity contribution in [2.75, 3.05) is 31.1 Å². The Morgan fingerprint density at radius 3 is 2.40 bits per heavy atom. The third-order valence-electron chi connectivity index (χ3n) is 6.18. The van der Waals surface area contributed by atoms with Gasteiger partial charge in [0.05, 0.1) is 11.4 Å². The molecule has 0 unspecified atom stereocenters. The molecular weight excluding hydrogens is 384 g/mol. The maximum absolute atomic E-state index is 13.3. The van der Waals surface area contributed by atoms with E-state index in [9.17, 15) is 19.5 Å². The molecule has 0 atom stereocenters. The lowest BCUT2D eigenvalue weighted by Gasteiger charge is -2.27. The second kappa shape index (κ2) is 8.85. The van der Waals surface area contributed by atoms with E-state index in [1.54, 1.807) is 4.90 Å². The number of aliphatic carboxylic acids is 1. The number of hydrazone groups is 1. The number of benzene rings is 1. The molecule has 1 saturated heterocycles. The van der Waals surface area contributed by atoms with Crippen LogP contribution in [-0.2, 0) is 9.59 Å². The van der Waals surface area contributed by atoms with Crippen molar-refractivity contribution in [3.63, 3.8) is 0 Å². The van der Waals surface area contributed by atoms with Crippen LogP contribution in [0, 0.1) is 5.92 Å². The summed E-state index contributed by atoms with van der Waals surface area (Å²) in [7, 11) is 0. The molecule has 2 fully saturated rings. The van der Waals surface area contributed by atoms with E-state index in [2.05, 4.69) is 5.10 Å². The van der Waals surface area contributed by atoms with Crippen molar-refractivity contribution in [3.05, 3.63) is 29.8 Å². The zero-order valence-corrected chi connectivity index (χ0v) is 17.1. The van der Waals surface area contributed by atoms with Gasteiger partial charge in [0.25, 0.3) is 0 Å². The summed E-state index contributed by atoms with van der Waals surface area (Å²) < 4.78 is 0. The van der Waals surface area contributed by atoms with Gasteiger partial charge in [0.2, 0.25) is 5.91 Å². The second-order valence-corrected chi connectivity index (χ2v) is 8.25. The van der Waals surface area contributed by atoms with E-state index in [0.717, 1.165) is 54.8 Å². The highest BCUT2D eigenvalue weighted by molar-refractivity contribution is 6.13. The van der Waals surface area contributed by atoms with Gasteiger partial charge in [0.15, 0.2) is 0 Å². The van der Waals surface area contributed by atoms with Crippen molar-refractivity contribution in [2.24, 2.45) is 11.0 Å². The highest BCUT2D eigenvalue weighted by Crippen LogP contribution is 2.34. The Morgan fingerprint density at radius 2 is 1.70 bits per heavy atom. The van der Waals surface area contributed by atoms with E-state index in [0.29, 0.717) is 18.8 Å². The Kier molecular flexibility index (Phi) is 6.01. The minimum atomic E-state index is -1.13. The molecule has 0 spiro atoms. The number of hydrogen-bond acceptors (Lipinski definition) is 4. The van der Waals surface area contributed by atoms with Crippen molar-refractivity contribution >= 4 is 29.3 Å². The lowest BCUT2D eigenvalue weighted by Crippen LogP contribution is -2.47. The van der Waals surface area contributed by atoms with Crippen LogP contribution in [0.25, 0.3) is 0 Å². The summed E-state index contributed by atoms with van der Waals surface area (Å²) in [6.45, 7) is 0.757. The van der Waals surface area contributed by atoms with E-state index in [1.165, 1.54) is 11.3 Å². The Hall–Kier alpha value is -2.90. The molecule has 1 N–H and O–H groups in total. The molecule has 0 radical (unpaired) electrons. The first-order valence-corrected chi connectivity index (χ1v) is 10.8. The van der Waals surface area contributed by atoms with E-state index in [1.807, 2.05) is 24.3 Å². The highest BCUT2D eigenvalue weighted by Gasteiger charge is 2.35. The Labute approximate surface area is 176 Å². The zero-order valence-electron chi connectivity index (χ0n) is 17.1. The summed E-state index contributed by atoms with van der Waals surface area (Å²) in [5, 5.41) is 15.0. The number of para-hydroxylation sites is 1. The second-order valence-electron chi connectivity index (χ2n) is 8.25. The summed E-state index contributed by atoms with van der Waals surface area (Å²) in [5.74, 6) is -1.07. The molecule has 8 nitrogen and oxygen atoms in total.